The Balaban J connectivity index is 3.07. The maximum atomic E-state index is 10.2. The number of aromatic nitrogens is 2. The molecule has 0 bridgehead atoms. The van der Waals surface area contributed by atoms with Gasteiger partial charge in [0.15, 0.2) is 0 Å². The Bertz CT molecular complexity index is 323. The normalized spacial score (nSPS) is 14.3. The molecule has 86 valence electrons. The van der Waals surface area contributed by atoms with E-state index >= 15 is 0 Å². The minimum absolute atomic E-state index is 0.141. The number of aliphatic hydroxyl groups excluding tert-OH is 1. The van der Waals surface area contributed by atoms with Crippen LogP contribution >= 0.6 is 0 Å². The minimum atomic E-state index is -0.453. The van der Waals surface area contributed by atoms with Gasteiger partial charge in [0.1, 0.15) is 6.10 Å². The van der Waals surface area contributed by atoms with Crippen LogP contribution in [0.25, 0.3) is 0 Å². The van der Waals surface area contributed by atoms with Crippen LogP contribution in [0.15, 0.2) is 6.07 Å². The lowest BCUT2D eigenvalue weighted by atomic mass is 9.87. The topological polar surface area (TPSA) is 38.0 Å². The number of aryl methyl sites for hydroxylation is 2. The molecule has 3 nitrogen and oxygen atoms in total. The third-order valence-electron chi connectivity index (χ3n) is 2.62. The fraction of sp³-hybridized carbons (Fsp3) is 0.750. The highest BCUT2D eigenvalue weighted by molar-refractivity contribution is 5.14. The molecule has 0 radical (unpaired) electrons. The lowest BCUT2D eigenvalue weighted by Crippen LogP contribution is -2.21. The number of nitrogens with zero attached hydrogens (tertiary/aromatic N) is 2. The van der Waals surface area contributed by atoms with Crippen molar-refractivity contribution < 1.29 is 5.11 Å². The number of hydrogen-bond acceptors (Lipinski definition) is 2. The van der Waals surface area contributed by atoms with E-state index in [0.29, 0.717) is 0 Å². The van der Waals surface area contributed by atoms with Gasteiger partial charge in [-0.05, 0) is 24.8 Å². The Morgan fingerprint density at radius 1 is 1.40 bits per heavy atom. The van der Waals surface area contributed by atoms with E-state index in [1.54, 1.807) is 0 Å². The molecule has 0 aromatic carbocycles. The Kier molecular flexibility index (Phi) is 3.55. The van der Waals surface area contributed by atoms with Gasteiger partial charge < -0.3 is 5.11 Å². The van der Waals surface area contributed by atoms with Gasteiger partial charge in [-0.1, -0.05) is 27.7 Å². The molecule has 0 spiro atoms. The van der Waals surface area contributed by atoms with Gasteiger partial charge >= 0.3 is 0 Å². The quantitative estimate of drug-likeness (QED) is 0.832. The molecule has 15 heavy (non-hydrogen) atoms. The molecule has 0 aliphatic rings. The van der Waals surface area contributed by atoms with Crippen molar-refractivity contribution in [2.75, 3.05) is 0 Å². The molecule has 1 unspecified atom stereocenters. The highest BCUT2D eigenvalue weighted by Crippen LogP contribution is 2.32. The van der Waals surface area contributed by atoms with Crippen molar-refractivity contribution in [3.8, 4) is 0 Å². The zero-order valence-corrected chi connectivity index (χ0v) is 10.4. The smallest absolute Gasteiger partial charge is 0.100 e. The van der Waals surface area contributed by atoms with Crippen LogP contribution in [0.3, 0.4) is 0 Å². The second-order valence-corrected chi connectivity index (χ2v) is 5.00. The van der Waals surface area contributed by atoms with Crippen LogP contribution in [0.4, 0.5) is 0 Å². The van der Waals surface area contributed by atoms with Crippen molar-refractivity contribution >= 4 is 0 Å². The molecule has 0 aliphatic carbocycles. The van der Waals surface area contributed by atoms with E-state index in [1.165, 1.54) is 0 Å². The van der Waals surface area contributed by atoms with Gasteiger partial charge in [0.2, 0.25) is 0 Å². The Hall–Kier alpha value is -0.830. The summed E-state index contributed by atoms with van der Waals surface area (Å²) < 4.78 is 1.90. The summed E-state index contributed by atoms with van der Waals surface area (Å²) in [5, 5.41) is 14.7. The molecule has 1 aromatic heterocycles. The number of hydrogen-bond donors (Lipinski definition) is 1. The molecule has 1 aromatic rings. The van der Waals surface area contributed by atoms with Crippen LogP contribution in [0, 0.1) is 5.41 Å². The van der Waals surface area contributed by atoms with Crippen molar-refractivity contribution in [1.29, 1.82) is 0 Å². The Morgan fingerprint density at radius 2 is 2.00 bits per heavy atom. The van der Waals surface area contributed by atoms with E-state index in [1.807, 2.05) is 38.4 Å². The predicted octanol–water partition coefficient (Wildman–Crippen LogP) is 2.54. The van der Waals surface area contributed by atoms with Gasteiger partial charge in [-0.15, -0.1) is 0 Å². The summed E-state index contributed by atoms with van der Waals surface area (Å²) in [4.78, 5) is 0. The second-order valence-electron chi connectivity index (χ2n) is 5.00. The van der Waals surface area contributed by atoms with Gasteiger partial charge in [-0.3, -0.25) is 4.68 Å². The summed E-state index contributed by atoms with van der Waals surface area (Å²) in [5.74, 6) is 0. The van der Waals surface area contributed by atoms with E-state index in [0.717, 1.165) is 24.4 Å². The fourth-order valence-corrected chi connectivity index (χ4v) is 1.58. The Morgan fingerprint density at radius 3 is 2.40 bits per heavy atom. The average Bonchev–Trinajstić information content (AvgIpc) is 2.57. The first-order valence-corrected chi connectivity index (χ1v) is 5.64. The number of aliphatic hydroxyl groups is 1. The zero-order chi connectivity index (χ0) is 11.6. The van der Waals surface area contributed by atoms with Crippen LogP contribution < -0.4 is 0 Å². The summed E-state index contributed by atoms with van der Waals surface area (Å²) >= 11 is 0. The molecule has 3 heteroatoms. The summed E-state index contributed by atoms with van der Waals surface area (Å²) in [6.07, 6.45) is 0.460. The molecule has 1 rings (SSSR count). The van der Waals surface area contributed by atoms with E-state index in [-0.39, 0.29) is 5.41 Å². The summed E-state index contributed by atoms with van der Waals surface area (Å²) in [5.41, 5.74) is 1.84. The van der Waals surface area contributed by atoms with Crippen molar-refractivity contribution in [3.63, 3.8) is 0 Å². The van der Waals surface area contributed by atoms with Gasteiger partial charge in [0, 0.05) is 6.54 Å². The van der Waals surface area contributed by atoms with E-state index in [2.05, 4.69) is 12.0 Å². The first-order chi connectivity index (χ1) is 6.90. The molecule has 1 heterocycles. The zero-order valence-electron chi connectivity index (χ0n) is 10.4. The summed E-state index contributed by atoms with van der Waals surface area (Å²) in [6, 6.07) is 2.01. The van der Waals surface area contributed by atoms with Crippen molar-refractivity contribution in [2.24, 2.45) is 5.41 Å². The van der Waals surface area contributed by atoms with Crippen molar-refractivity contribution in [1.82, 2.24) is 9.78 Å². The molecule has 0 amide bonds. The van der Waals surface area contributed by atoms with Gasteiger partial charge in [0.25, 0.3) is 0 Å². The molecule has 1 N–H and O–H groups in total. The molecular formula is C12H22N2O. The third kappa shape index (κ3) is 2.59. The third-order valence-corrected chi connectivity index (χ3v) is 2.62. The first kappa shape index (κ1) is 12.2. The van der Waals surface area contributed by atoms with Crippen LogP contribution in [-0.2, 0) is 13.0 Å². The van der Waals surface area contributed by atoms with E-state index < -0.39 is 6.10 Å². The predicted molar refractivity (Wildman–Crippen MR) is 61.7 cm³/mol. The maximum Gasteiger partial charge on any atom is 0.100 e. The summed E-state index contributed by atoms with van der Waals surface area (Å²) in [7, 11) is 0. The number of rotatable bonds is 3. The van der Waals surface area contributed by atoms with E-state index in [9.17, 15) is 5.11 Å². The molecule has 0 saturated heterocycles. The summed E-state index contributed by atoms with van der Waals surface area (Å²) in [6.45, 7) is 11.0. The lowest BCUT2D eigenvalue weighted by Gasteiger charge is -2.26. The van der Waals surface area contributed by atoms with E-state index in [4.69, 9.17) is 0 Å². The molecule has 0 saturated carbocycles. The van der Waals surface area contributed by atoms with Crippen molar-refractivity contribution in [2.45, 2.75) is 53.7 Å². The highest BCUT2D eigenvalue weighted by Gasteiger charge is 2.27. The SMILES string of the molecule is CCc1cc(C(O)C(C)(C)C)n(CC)n1. The molecule has 0 aliphatic heterocycles. The van der Waals surface area contributed by atoms with Crippen molar-refractivity contribution in [3.05, 3.63) is 17.5 Å². The maximum absolute atomic E-state index is 10.2. The second kappa shape index (κ2) is 4.35. The molecule has 0 fully saturated rings. The van der Waals surface area contributed by atoms with Gasteiger partial charge in [-0.25, -0.2) is 0 Å². The first-order valence-electron chi connectivity index (χ1n) is 5.64. The van der Waals surface area contributed by atoms with Gasteiger partial charge in [0.05, 0.1) is 11.4 Å². The van der Waals surface area contributed by atoms with Crippen LogP contribution in [-0.4, -0.2) is 14.9 Å². The van der Waals surface area contributed by atoms with Crippen LogP contribution in [0.2, 0.25) is 0 Å². The van der Waals surface area contributed by atoms with Gasteiger partial charge in [-0.2, -0.15) is 5.10 Å². The minimum Gasteiger partial charge on any atom is -0.386 e. The largest absolute Gasteiger partial charge is 0.386 e. The fourth-order valence-electron chi connectivity index (χ4n) is 1.58. The highest BCUT2D eigenvalue weighted by atomic mass is 16.3. The average molecular weight is 210 g/mol. The standard InChI is InChI=1S/C12H22N2O/c1-6-9-8-10(14(7-2)13-9)11(15)12(3,4)5/h8,11,15H,6-7H2,1-5H3. The van der Waals surface area contributed by atoms with Crippen LogP contribution in [0.1, 0.15) is 52.1 Å². The molecule has 1 atom stereocenters. The monoisotopic (exact) mass is 210 g/mol. The Labute approximate surface area is 92.1 Å². The lowest BCUT2D eigenvalue weighted by molar-refractivity contribution is 0.0547. The van der Waals surface area contributed by atoms with Crippen LogP contribution in [0.5, 0.6) is 0 Å². The molecular weight excluding hydrogens is 188 g/mol.